The normalized spacial score (nSPS) is 10.7. The fraction of sp³-hybridized carbons (Fsp3) is 0.150. The molecule has 0 fully saturated rings. The maximum atomic E-state index is 12.3. The van der Waals surface area contributed by atoms with Gasteiger partial charge in [-0.3, -0.25) is 4.79 Å². The molecule has 0 aliphatic carbocycles. The maximum Gasteiger partial charge on any atom is 0.228 e. The number of anilines is 1. The maximum absolute atomic E-state index is 12.3. The summed E-state index contributed by atoms with van der Waals surface area (Å²) in [6.45, 7) is 4.10. The number of aryl methyl sites for hydroxylation is 2. The minimum absolute atomic E-state index is 0.0657. The molecule has 116 valence electrons. The Bertz CT molecular complexity index is 884. The van der Waals surface area contributed by atoms with E-state index in [4.69, 9.17) is 0 Å². The molecular formula is C20H19NO2. The Balaban J connectivity index is 1.83. The van der Waals surface area contributed by atoms with E-state index in [-0.39, 0.29) is 11.7 Å². The van der Waals surface area contributed by atoms with Gasteiger partial charge in [0, 0.05) is 16.5 Å². The number of aromatic hydroxyl groups is 1. The van der Waals surface area contributed by atoms with Crippen LogP contribution in [0, 0.1) is 13.8 Å². The van der Waals surface area contributed by atoms with Crippen LogP contribution in [0.5, 0.6) is 5.75 Å². The van der Waals surface area contributed by atoms with Crippen LogP contribution in [0.3, 0.4) is 0 Å². The predicted molar refractivity (Wildman–Crippen MR) is 93.9 cm³/mol. The van der Waals surface area contributed by atoms with Gasteiger partial charge in [0.1, 0.15) is 5.75 Å². The van der Waals surface area contributed by atoms with E-state index >= 15 is 0 Å². The largest absolute Gasteiger partial charge is 0.507 e. The smallest absolute Gasteiger partial charge is 0.228 e. The summed E-state index contributed by atoms with van der Waals surface area (Å²) in [6, 6.07) is 16.9. The van der Waals surface area contributed by atoms with E-state index in [0.29, 0.717) is 12.1 Å². The van der Waals surface area contributed by atoms with Gasteiger partial charge in [0.15, 0.2) is 0 Å². The zero-order valence-corrected chi connectivity index (χ0v) is 13.3. The summed E-state index contributed by atoms with van der Waals surface area (Å²) in [6.07, 6.45) is 0.330. The van der Waals surface area contributed by atoms with E-state index in [1.165, 1.54) is 11.1 Å². The van der Waals surface area contributed by atoms with Gasteiger partial charge in [-0.25, -0.2) is 0 Å². The summed E-state index contributed by atoms with van der Waals surface area (Å²) < 4.78 is 0. The second kappa shape index (κ2) is 6.13. The highest BCUT2D eigenvalue weighted by Crippen LogP contribution is 2.30. The van der Waals surface area contributed by atoms with Gasteiger partial charge in [0.05, 0.1) is 6.42 Å². The molecule has 3 nitrogen and oxygen atoms in total. The lowest BCUT2D eigenvalue weighted by molar-refractivity contribution is -0.115. The molecule has 0 aliphatic heterocycles. The van der Waals surface area contributed by atoms with E-state index in [0.717, 1.165) is 16.3 Å². The van der Waals surface area contributed by atoms with E-state index < -0.39 is 0 Å². The standard InChI is InChI=1S/C20H19NO2/c1-13-7-8-15(11-14(13)2)12-20(23)21-18-9-10-19(22)17-6-4-3-5-16(17)18/h3-11,22H,12H2,1-2H3,(H,21,23). The average molecular weight is 305 g/mol. The van der Waals surface area contributed by atoms with Crippen molar-refractivity contribution in [2.45, 2.75) is 20.3 Å². The van der Waals surface area contributed by atoms with E-state index in [1.807, 2.05) is 49.4 Å². The number of carbonyl (C=O) groups excluding carboxylic acids is 1. The highest BCUT2D eigenvalue weighted by molar-refractivity contribution is 6.04. The van der Waals surface area contributed by atoms with Crippen molar-refractivity contribution in [2.75, 3.05) is 5.32 Å². The van der Waals surface area contributed by atoms with E-state index in [1.54, 1.807) is 12.1 Å². The van der Waals surface area contributed by atoms with Crippen molar-refractivity contribution in [3.63, 3.8) is 0 Å². The first-order valence-electron chi connectivity index (χ1n) is 7.61. The third-order valence-electron chi connectivity index (χ3n) is 4.11. The van der Waals surface area contributed by atoms with Crippen molar-refractivity contribution in [1.29, 1.82) is 0 Å². The topological polar surface area (TPSA) is 49.3 Å². The third-order valence-corrected chi connectivity index (χ3v) is 4.11. The number of phenols is 1. The molecule has 0 spiro atoms. The number of carbonyl (C=O) groups is 1. The van der Waals surface area contributed by atoms with Crippen molar-refractivity contribution in [1.82, 2.24) is 0 Å². The molecule has 0 aromatic heterocycles. The fourth-order valence-electron chi connectivity index (χ4n) is 2.69. The Hall–Kier alpha value is -2.81. The first-order chi connectivity index (χ1) is 11.0. The molecule has 1 amide bonds. The van der Waals surface area contributed by atoms with Crippen LogP contribution in [0.2, 0.25) is 0 Å². The molecule has 2 N–H and O–H groups in total. The minimum Gasteiger partial charge on any atom is -0.507 e. The molecule has 0 unspecified atom stereocenters. The molecule has 23 heavy (non-hydrogen) atoms. The zero-order chi connectivity index (χ0) is 16.4. The first kappa shape index (κ1) is 15.1. The predicted octanol–water partition coefficient (Wildman–Crippen LogP) is 4.34. The number of hydrogen-bond acceptors (Lipinski definition) is 2. The molecule has 0 atom stereocenters. The van der Waals surface area contributed by atoms with Crippen LogP contribution in [0.4, 0.5) is 5.69 Å². The lowest BCUT2D eigenvalue weighted by Crippen LogP contribution is -2.14. The van der Waals surface area contributed by atoms with Crippen LogP contribution >= 0.6 is 0 Å². The average Bonchev–Trinajstić information content (AvgIpc) is 2.54. The van der Waals surface area contributed by atoms with Gasteiger partial charge in [-0.05, 0) is 42.7 Å². The van der Waals surface area contributed by atoms with E-state index in [9.17, 15) is 9.90 Å². The van der Waals surface area contributed by atoms with Crippen molar-refractivity contribution >= 4 is 22.4 Å². The molecule has 0 saturated heterocycles. The second-order valence-corrected chi connectivity index (χ2v) is 5.82. The summed E-state index contributed by atoms with van der Waals surface area (Å²) in [7, 11) is 0. The number of phenolic OH excluding ortho intramolecular Hbond substituents is 1. The van der Waals surface area contributed by atoms with Crippen LogP contribution in [-0.2, 0) is 11.2 Å². The quantitative estimate of drug-likeness (QED) is 0.707. The molecule has 0 aliphatic rings. The second-order valence-electron chi connectivity index (χ2n) is 5.82. The minimum atomic E-state index is -0.0657. The lowest BCUT2D eigenvalue weighted by Gasteiger charge is -2.10. The van der Waals surface area contributed by atoms with Crippen LogP contribution in [-0.4, -0.2) is 11.0 Å². The Labute approximate surface area is 135 Å². The molecule has 3 aromatic carbocycles. The SMILES string of the molecule is Cc1ccc(CC(=O)Nc2ccc(O)c3ccccc23)cc1C. The molecule has 3 aromatic rings. The van der Waals surface area contributed by atoms with Crippen molar-refractivity contribution in [3.05, 3.63) is 71.3 Å². The van der Waals surface area contributed by atoms with Gasteiger partial charge in [-0.2, -0.15) is 0 Å². The summed E-state index contributed by atoms with van der Waals surface area (Å²) >= 11 is 0. The van der Waals surface area contributed by atoms with Crippen molar-refractivity contribution in [3.8, 4) is 5.75 Å². The number of benzene rings is 3. The monoisotopic (exact) mass is 305 g/mol. The highest BCUT2D eigenvalue weighted by Gasteiger charge is 2.09. The van der Waals surface area contributed by atoms with Gasteiger partial charge in [0.2, 0.25) is 5.91 Å². The van der Waals surface area contributed by atoms with Crippen LogP contribution in [0.1, 0.15) is 16.7 Å². The molecule has 3 rings (SSSR count). The molecular weight excluding hydrogens is 286 g/mol. The third kappa shape index (κ3) is 3.19. The fourth-order valence-corrected chi connectivity index (χ4v) is 2.69. The Kier molecular flexibility index (Phi) is 4.02. The van der Waals surface area contributed by atoms with Gasteiger partial charge in [0.25, 0.3) is 0 Å². The Morgan fingerprint density at radius 1 is 0.957 bits per heavy atom. The summed E-state index contributed by atoms with van der Waals surface area (Å²) in [5, 5.41) is 14.4. The van der Waals surface area contributed by atoms with Crippen LogP contribution in [0.25, 0.3) is 10.8 Å². The van der Waals surface area contributed by atoms with Crippen LogP contribution < -0.4 is 5.32 Å². The van der Waals surface area contributed by atoms with Crippen molar-refractivity contribution in [2.24, 2.45) is 0 Å². The van der Waals surface area contributed by atoms with Gasteiger partial charge in [-0.15, -0.1) is 0 Å². The summed E-state index contributed by atoms with van der Waals surface area (Å²) in [5.41, 5.74) is 4.12. The Morgan fingerprint density at radius 2 is 1.70 bits per heavy atom. The molecule has 0 saturated carbocycles. The van der Waals surface area contributed by atoms with Gasteiger partial charge < -0.3 is 10.4 Å². The molecule has 3 heteroatoms. The zero-order valence-electron chi connectivity index (χ0n) is 13.3. The number of fused-ring (bicyclic) bond motifs is 1. The summed E-state index contributed by atoms with van der Waals surface area (Å²) in [4.78, 5) is 12.3. The highest BCUT2D eigenvalue weighted by atomic mass is 16.3. The van der Waals surface area contributed by atoms with Crippen molar-refractivity contribution < 1.29 is 9.90 Å². The number of hydrogen-bond donors (Lipinski definition) is 2. The number of rotatable bonds is 3. The van der Waals surface area contributed by atoms with Gasteiger partial charge >= 0.3 is 0 Å². The number of amides is 1. The lowest BCUT2D eigenvalue weighted by atomic mass is 10.0. The molecule has 0 radical (unpaired) electrons. The molecule has 0 bridgehead atoms. The first-order valence-corrected chi connectivity index (χ1v) is 7.61. The van der Waals surface area contributed by atoms with E-state index in [2.05, 4.69) is 12.2 Å². The van der Waals surface area contributed by atoms with Gasteiger partial charge in [-0.1, -0.05) is 42.5 Å². The Morgan fingerprint density at radius 3 is 2.43 bits per heavy atom. The van der Waals surface area contributed by atoms with Crippen LogP contribution in [0.15, 0.2) is 54.6 Å². The molecule has 0 heterocycles. The number of nitrogens with one attached hydrogen (secondary N) is 1. The summed E-state index contributed by atoms with van der Waals surface area (Å²) in [5.74, 6) is 0.150.